The van der Waals surface area contributed by atoms with E-state index in [0.717, 1.165) is 21.9 Å². The molecule has 1 aliphatic rings. The number of amides is 2. The monoisotopic (exact) mass is 526 g/mol. The van der Waals surface area contributed by atoms with Gasteiger partial charge in [-0.15, -0.1) is 11.8 Å². The molecule has 0 radical (unpaired) electrons. The van der Waals surface area contributed by atoms with E-state index in [1.165, 1.54) is 29.8 Å². The number of rotatable bonds is 9. The number of anilines is 1. The van der Waals surface area contributed by atoms with E-state index >= 15 is 0 Å². The molecule has 1 N–H and O–H groups in total. The summed E-state index contributed by atoms with van der Waals surface area (Å²) < 4.78 is 19.1. The molecule has 5 rings (SSSR count). The van der Waals surface area contributed by atoms with Gasteiger partial charge in [-0.25, -0.2) is 9.18 Å². The number of hydrogen-bond acceptors (Lipinski definition) is 4. The van der Waals surface area contributed by atoms with Crippen LogP contribution in [0, 0.1) is 5.82 Å². The van der Waals surface area contributed by atoms with E-state index < -0.39 is 24.1 Å². The molecule has 192 valence electrons. The second-order valence-corrected chi connectivity index (χ2v) is 10.1. The molecule has 1 aliphatic heterocycles. The lowest BCUT2D eigenvalue weighted by atomic mass is 10.0. The van der Waals surface area contributed by atoms with Crippen LogP contribution < -0.4 is 10.2 Å². The van der Waals surface area contributed by atoms with E-state index in [0.29, 0.717) is 18.5 Å². The number of hydrogen-bond donors (Lipinski definition) is 1. The van der Waals surface area contributed by atoms with Gasteiger partial charge in [0.05, 0.1) is 12.6 Å². The molecule has 1 unspecified atom stereocenters. The number of nitrogens with zero attached hydrogens (tertiary/aromatic N) is 1. The lowest BCUT2D eigenvalue weighted by molar-refractivity contribution is 0.0840. The maximum Gasteiger partial charge on any atom is 0.414 e. The normalized spacial score (nSPS) is 15.7. The maximum atomic E-state index is 13.3. The zero-order valence-electron chi connectivity index (χ0n) is 20.6. The van der Waals surface area contributed by atoms with Gasteiger partial charge in [-0.3, -0.25) is 9.69 Å². The number of nitrogens with one attached hydrogen (secondary N) is 1. The highest BCUT2D eigenvalue weighted by Crippen LogP contribution is 2.28. The summed E-state index contributed by atoms with van der Waals surface area (Å²) in [6.45, 7) is 0.302. The van der Waals surface area contributed by atoms with Crippen LogP contribution in [0.2, 0.25) is 0 Å². The fourth-order valence-corrected chi connectivity index (χ4v) is 5.22. The Bertz CT molecular complexity index is 1370. The number of halogens is 1. The zero-order valence-corrected chi connectivity index (χ0v) is 21.4. The largest absolute Gasteiger partial charge is 0.442 e. The van der Waals surface area contributed by atoms with Gasteiger partial charge in [0.1, 0.15) is 11.9 Å². The smallest absolute Gasteiger partial charge is 0.414 e. The first-order valence-corrected chi connectivity index (χ1v) is 13.4. The lowest BCUT2D eigenvalue weighted by Crippen LogP contribution is -2.46. The summed E-state index contributed by atoms with van der Waals surface area (Å²) in [5, 5.41) is 3.01. The number of thioether (sulfide) groups is 1. The summed E-state index contributed by atoms with van der Waals surface area (Å²) in [4.78, 5) is 28.5. The Kier molecular flexibility index (Phi) is 8.04. The first-order valence-electron chi connectivity index (χ1n) is 12.4. The van der Waals surface area contributed by atoms with Gasteiger partial charge in [0, 0.05) is 21.9 Å². The van der Waals surface area contributed by atoms with Crippen LogP contribution in [-0.4, -0.2) is 30.7 Å². The van der Waals surface area contributed by atoms with Crippen molar-refractivity contribution in [3.05, 3.63) is 132 Å². The van der Waals surface area contributed by atoms with E-state index in [4.69, 9.17) is 4.74 Å². The summed E-state index contributed by atoms with van der Waals surface area (Å²) in [5.74, 6) is 0.107. The Morgan fingerprint density at radius 3 is 2.18 bits per heavy atom. The molecule has 1 heterocycles. The van der Waals surface area contributed by atoms with Gasteiger partial charge >= 0.3 is 6.09 Å². The van der Waals surface area contributed by atoms with Crippen LogP contribution in [0.3, 0.4) is 0 Å². The van der Waals surface area contributed by atoms with Crippen LogP contribution in [0.4, 0.5) is 14.9 Å². The highest BCUT2D eigenvalue weighted by molar-refractivity contribution is 7.98. The van der Waals surface area contributed by atoms with Gasteiger partial charge < -0.3 is 10.1 Å². The number of carbonyl (C=O) groups excluding carboxylic acids is 2. The van der Waals surface area contributed by atoms with Crippen molar-refractivity contribution in [1.29, 1.82) is 0 Å². The highest BCUT2D eigenvalue weighted by atomic mass is 32.2. The van der Waals surface area contributed by atoms with Crippen molar-refractivity contribution < 1.29 is 18.7 Å². The van der Waals surface area contributed by atoms with Crippen LogP contribution in [-0.2, 0) is 16.9 Å². The molecule has 0 spiro atoms. The van der Waals surface area contributed by atoms with E-state index in [1.54, 1.807) is 16.7 Å². The van der Waals surface area contributed by atoms with Crippen molar-refractivity contribution in [2.24, 2.45) is 0 Å². The molecule has 38 heavy (non-hydrogen) atoms. The van der Waals surface area contributed by atoms with E-state index in [1.807, 2.05) is 72.8 Å². The van der Waals surface area contributed by atoms with E-state index in [9.17, 15) is 14.0 Å². The molecule has 5 nitrogen and oxygen atoms in total. The molecule has 2 amide bonds. The van der Waals surface area contributed by atoms with Crippen molar-refractivity contribution >= 4 is 29.4 Å². The predicted octanol–water partition coefficient (Wildman–Crippen LogP) is 6.48. The third-order valence-corrected chi connectivity index (χ3v) is 7.49. The van der Waals surface area contributed by atoms with Crippen molar-refractivity contribution in [2.45, 2.75) is 29.2 Å². The number of cyclic esters (lactones) is 1. The Hall–Kier alpha value is -4.10. The van der Waals surface area contributed by atoms with Crippen molar-refractivity contribution in [2.75, 3.05) is 11.4 Å². The predicted molar refractivity (Wildman–Crippen MR) is 148 cm³/mol. The summed E-state index contributed by atoms with van der Waals surface area (Å²) in [7, 11) is 0. The van der Waals surface area contributed by atoms with Crippen molar-refractivity contribution in [3.63, 3.8) is 0 Å². The van der Waals surface area contributed by atoms with Crippen LogP contribution in [0.5, 0.6) is 0 Å². The zero-order chi connectivity index (χ0) is 26.3. The van der Waals surface area contributed by atoms with Crippen LogP contribution in [0.15, 0.2) is 114 Å². The fraction of sp³-hybridized carbons (Fsp3) is 0.161. The minimum absolute atomic E-state index is 0.302. The molecule has 1 saturated heterocycles. The third-order valence-electron chi connectivity index (χ3n) is 6.40. The average molecular weight is 527 g/mol. The van der Waals surface area contributed by atoms with E-state index in [-0.39, 0.29) is 5.91 Å². The van der Waals surface area contributed by atoms with Crippen molar-refractivity contribution in [1.82, 2.24) is 5.32 Å². The number of carbonyl (C=O) groups is 2. The van der Waals surface area contributed by atoms with Gasteiger partial charge in [0.2, 0.25) is 0 Å². The van der Waals surface area contributed by atoms with Crippen LogP contribution in [0.1, 0.15) is 21.5 Å². The van der Waals surface area contributed by atoms with E-state index in [2.05, 4.69) is 17.4 Å². The molecule has 0 aliphatic carbocycles. The van der Waals surface area contributed by atoms with Crippen LogP contribution in [0.25, 0.3) is 0 Å². The Morgan fingerprint density at radius 2 is 1.53 bits per heavy atom. The molecule has 2 atom stereocenters. The molecule has 1 fully saturated rings. The number of ether oxygens (including phenoxy) is 1. The second-order valence-electron chi connectivity index (χ2n) is 9.08. The molecule has 0 saturated carbocycles. The highest BCUT2D eigenvalue weighted by Gasteiger charge is 2.38. The Labute approximate surface area is 225 Å². The maximum absolute atomic E-state index is 13.3. The standard InChI is InChI=1S/C31H27FN2O3S/c32-25-13-11-24(12-14-25)30(35)33-28(19-22-7-3-1-4-8-22)29-20-34(31(36)37-29)26-15-17-27(18-16-26)38-21-23-9-5-2-6-10-23/h1-18,28-29H,19-21H2,(H,33,35)/t28?,29-/m0/s1. The summed E-state index contributed by atoms with van der Waals surface area (Å²) >= 11 is 1.73. The molecular formula is C31H27FN2O3S. The average Bonchev–Trinajstić information content (AvgIpc) is 3.34. The van der Waals surface area contributed by atoms with Gasteiger partial charge in [-0.2, -0.15) is 0 Å². The molecule has 4 aromatic carbocycles. The minimum Gasteiger partial charge on any atom is -0.442 e. The minimum atomic E-state index is -0.556. The first kappa shape index (κ1) is 25.5. The molecular weight excluding hydrogens is 499 g/mol. The Morgan fingerprint density at radius 1 is 0.895 bits per heavy atom. The number of benzene rings is 4. The molecule has 0 bridgehead atoms. The van der Waals surface area contributed by atoms with Crippen LogP contribution >= 0.6 is 11.8 Å². The van der Waals surface area contributed by atoms with Crippen molar-refractivity contribution in [3.8, 4) is 0 Å². The quantitative estimate of drug-likeness (QED) is 0.254. The van der Waals surface area contributed by atoms with Gasteiger partial charge in [-0.1, -0.05) is 60.7 Å². The summed E-state index contributed by atoms with van der Waals surface area (Å²) in [5.41, 5.74) is 3.34. The molecule has 4 aromatic rings. The third kappa shape index (κ3) is 6.42. The second kappa shape index (κ2) is 12.0. The van der Waals surface area contributed by atoms with Gasteiger partial charge in [-0.05, 0) is 66.1 Å². The summed E-state index contributed by atoms with van der Waals surface area (Å²) in [6.07, 6.45) is -0.526. The lowest BCUT2D eigenvalue weighted by Gasteiger charge is -2.23. The SMILES string of the molecule is O=C(NC(Cc1ccccc1)[C@@H]1CN(c2ccc(SCc3ccccc3)cc2)C(=O)O1)c1ccc(F)cc1. The fourth-order valence-electron chi connectivity index (χ4n) is 4.36. The van der Waals surface area contributed by atoms with Gasteiger partial charge in [0.25, 0.3) is 5.91 Å². The molecule has 7 heteroatoms. The topological polar surface area (TPSA) is 58.6 Å². The first-order chi connectivity index (χ1) is 18.5. The Balaban J connectivity index is 1.28. The molecule has 0 aromatic heterocycles. The van der Waals surface area contributed by atoms with Gasteiger partial charge in [0.15, 0.2) is 0 Å². The summed E-state index contributed by atoms with van der Waals surface area (Å²) in [6, 6.07) is 32.7.